The average molecular weight is 501 g/mol. The summed E-state index contributed by atoms with van der Waals surface area (Å²) in [5, 5.41) is 4.88. The number of nitrogens with zero attached hydrogens (tertiary/aromatic N) is 4. The van der Waals surface area contributed by atoms with Crippen molar-refractivity contribution in [2.75, 3.05) is 44.2 Å². The van der Waals surface area contributed by atoms with Crippen molar-refractivity contribution < 1.29 is 23.9 Å². The second kappa shape index (κ2) is 10.8. The highest BCUT2D eigenvalue weighted by Crippen LogP contribution is 2.22. The molecule has 0 saturated carbocycles. The molecule has 3 fully saturated rings. The summed E-state index contributed by atoms with van der Waals surface area (Å²) in [5.74, 6) is -1.23. The Hall–Kier alpha value is -3.21. The van der Waals surface area contributed by atoms with Gasteiger partial charge in [0.15, 0.2) is 0 Å². The first kappa shape index (κ1) is 25.9. The lowest BCUT2D eigenvalue weighted by Gasteiger charge is -2.43. The van der Waals surface area contributed by atoms with Gasteiger partial charge in [-0.1, -0.05) is 0 Å². The minimum atomic E-state index is -0.722. The maximum absolute atomic E-state index is 12.5. The van der Waals surface area contributed by atoms with E-state index < -0.39 is 23.5 Å². The number of carbonyl (C=O) groups excluding carboxylic acids is 4. The van der Waals surface area contributed by atoms with E-state index in [1.54, 1.807) is 12.3 Å². The van der Waals surface area contributed by atoms with E-state index >= 15 is 0 Å². The van der Waals surface area contributed by atoms with Gasteiger partial charge in [0.25, 0.3) is 5.91 Å². The molecule has 0 aromatic carbocycles. The number of aromatic nitrogens is 1. The molecule has 11 heteroatoms. The molecule has 1 aromatic heterocycles. The number of hydrogen-bond donors (Lipinski definition) is 2. The zero-order valence-corrected chi connectivity index (χ0v) is 21.3. The van der Waals surface area contributed by atoms with Crippen molar-refractivity contribution in [2.24, 2.45) is 0 Å². The van der Waals surface area contributed by atoms with E-state index in [1.165, 1.54) is 0 Å². The number of rotatable bonds is 4. The molecule has 11 nitrogen and oxygen atoms in total. The molecule has 196 valence electrons. The summed E-state index contributed by atoms with van der Waals surface area (Å²) >= 11 is 0. The fraction of sp³-hybridized carbons (Fsp3) is 0.640. The van der Waals surface area contributed by atoms with Crippen LogP contribution in [0.5, 0.6) is 0 Å². The predicted octanol–water partition coefficient (Wildman–Crippen LogP) is 1.14. The Morgan fingerprint density at radius 2 is 1.72 bits per heavy atom. The molecule has 0 aliphatic carbocycles. The van der Waals surface area contributed by atoms with Gasteiger partial charge in [0.2, 0.25) is 11.8 Å². The Labute approximate surface area is 211 Å². The molecule has 0 bridgehead atoms. The van der Waals surface area contributed by atoms with Crippen LogP contribution < -0.4 is 15.5 Å². The number of nitrogens with one attached hydrogen (secondary N) is 2. The van der Waals surface area contributed by atoms with Gasteiger partial charge < -0.3 is 19.9 Å². The van der Waals surface area contributed by atoms with Gasteiger partial charge in [-0.25, -0.2) is 9.78 Å². The molecular formula is C25H36N6O5. The fourth-order valence-corrected chi connectivity index (χ4v) is 4.86. The third-order valence-electron chi connectivity index (χ3n) is 6.84. The molecule has 36 heavy (non-hydrogen) atoms. The number of piperazine rings is 1. The maximum atomic E-state index is 12.5. The monoisotopic (exact) mass is 500 g/mol. The van der Waals surface area contributed by atoms with Crippen LogP contribution in [0.3, 0.4) is 0 Å². The van der Waals surface area contributed by atoms with Gasteiger partial charge >= 0.3 is 6.09 Å². The van der Waals surface area contributed by atoms with Gasteiger partial charge in [-0.3, -0.25) is 24.6 Å². The van der Waals surface area contributed by atoms with Crippen molar-refractivity contribution in [1.82, 2.24) is 25.4 Å². The summed E-state index contributed by atoms with van der Waals surface area (Å²) < 4.78 is 5.50. The predicted molar refractivity (Wildman–Crippen MR) is 132 cm³/mol. The van der Waals surface area contributed by atoms with Crippen LogP contribution in [0, 0.1) is 0 Å². The molecule has 2 N–H and O–H groups in total. The molecule has 3 aliphatic heterocycles. The van der Waals surface area contributed by atoms with Crippen LogP contribution in [-0.2, 0) is 14.3 Å². The Morgan fingerprint density at radius 3 is 2.31 bits per heavy atom. The lowest BCUT2D eigenvalue weighted by molar-refractivity contribution is -0.134. The highest BCUT2D eigenvalue weighted by Gasteiger charge is 2.31. The molecule has 4 rings (SSSR count). The third kappa shape index (κ3) is 6.51. The summed E-state index contributed by atoms with van der Waals surface area (Å²) in [6.45, 7) is 10.6. The van der Waals surface area contributed by atoms with Crippen LogP contribution >= 0.6 is 0 Å². The molecular weight excluding hydrogens is 464 g/mol. The van der Waals surface area contributed by atoms with Crippen LogP contribution in [-0.4, -0.2) is 95.6 Å². The van der Waals surface area contributed by atoms with Gasteiger partial charge in [0.05, 0.1) is 11.9 Å². The van der Waals surface area contributed by atoms with Crippen LogP contribution in [0.4, 0.5) is 10.5 Å². The van der Waals surface area contributed by atoms with Gasteiger partial charge in [0, 0.05) is 51.7 Å². The number of carbonyl (C=O) groups is 4. The number of ether oxygens (including phenoxy) is 1. The average Bonchev–Trinajstić information content (AvgIpc) is 2.85. The van der Waals surface area contributed by atoms with E-state index in [1.807, 2.05) is 31.7 Å². The standard InChI is InChI=1S/C25H36N6O5/c1-25(2,3)36-24(35)31-10-8-17(9-11-31)29-12-14-30(15-13-29)18-4-5-19(26-16-18)22(33)27-20-6-7-21(32)28-23(20)34/h4-5,16-17,20H,6-15H2,1-3H3,(H,27,33)(H,28,32,34). The van der Waals surface area contributed by atoms with Crippen molar-refractivity contribution in [3.8, 4) is 0 Å². The molecule has 1 unspecified atom stereocenters. The minimum absolute atomic E-state index is 0.206. The second-order valence-electron chi connectivity index (χ2n) is 10.6. The first-order valence-corrected chi connectivity index (χ1v) is 12.7. The zero-order valence-electron chi connectivity index (χ0n) is 21.3. The molecule has 0 radical (unpaired) electrons. The van der Waals surface area contributed by atoms with Crippen LogP contribution in [0.2, 0.25) is 0 Å². The highest BCUT2D eigenvalue weighted by atomic mass is 16.6. The number of likely N-dealkylation sites (tertiary alicyclic amines) is 1. The van der Waals surface area contributed by atoms with E-state index in [9.17, 15) is 19.2 Å². The Morgan fingerprint density at radius 1 is 1.03 bits per heavy atom. The van der Waals surface area contributed by atoms with Crippen molar-refractivity contribution in [2.45, 2.75) is 64.1 Å². The van der Waals surface area contributed by atoms with Crippen LogP contribution in [0.15, 0.2) is 18.3 Å². The lowest BCUT2D eigenvalue weighted by Crippen LogP contribution is -2.54. The SMILES string of the molecule is CC(C)(C)OC(=O)N1CCC(N2CCN(c3ccc(C(=O)NC4CCC(=O)NC4=O)nc3)CC2)CC1. The second-order valence-corrected chi connectivity index (χ2v) is 10.6. The van der Waals surface area contributed by atoms with Gasteiger partial charge in [-0.15, -0.1) is 0 Å². The largest absolute Gasteiger partial charge is 0.444 e. The number of hydrogen-bond acceptors (Lipinski definition) is 8. The third-order valence-corrected chi connectivity index (χ3v) is 6.84. The van der Waals surface area contributed by atoms with Gasteiger partial charge in [-0.05, 0) is 52.2 Å². The van der Waals surface area contributed by atoms with Crippen molar-refractivity contribution in [3.63, 3.8) is 0 Å². The number of piperidine rings is 2. The normalized spacial score (nSPS) is 22.2. The molecule has 4 heterocycles. The Kier molecular flexibility index (Phi) is 7.77. The van der Waals surface area contributed by atoms with E-state index in [-0.39, 0.29) is 24.1 Å². The van der Waals surface area contributed by atoms with Crippen LogP contribution in [0.1, 0.15) is 56.9 Å². The first-order valence-electron chi connectivity index (χ1n) is 12.7. The van der Waals surface area contributed by atoms with Gasteiger partial charge in [0.1, 0.15) is 17.3 Å². The minimum Gasteiger partial charge on any atom is -0.444 e. The summed E-state index contributed by atoms with van der Waals surface area (Å²) in [4.78, 5) is 58.8. The number of imide groups is 1. The summed E-state index contributed by atoms with van der Waals surface area (Å²) in [6, 6.07) is 3.28. The van der Waals surface area contributed by atoms with Crippen molar-refractivity contribution in [3.05, 3.63) is 24.0 Å². The summed E-state index contributed by atoms with van der Waals surface area (Å²) in [6.07, 6.45) is 3.84. The zero-order chi connectivity index (χ0) is 25.9. The number of pyridine rings is 1. The fourth-order valence-electron chi connectivity index (χ4n) is 4.86. The van der Waals surface area contributed by atoms with E-state index in [4.69, 9.17) is 4.74 Å². The molecule has 3 aliphatic rings. The van der Waals surface area contributed by atoms with Crippen LogP contribution in [0.25, 0.3) is 0 Å². The first-order chi connectivity index (χ1) is 17.1. The quantitative estimate of drug-likeness (QED) is 0.590. The summed E-state index contributed by atoms with van der Waals surface area (Å²) in [7, 11) is 0. The topological polar surface area (TPSA) is 124 Å². The molecule has 1 aromatic rings. The summed E-state index contributed by atoms with van der Waals surface area (Å²) in [5.41, 5.74) is 0.708. The van der Waals surface area contributed by atoms with Crippen molar-refractivity contribution >= 4 is 29.5 Å². The lowest BCUT2D eigenvalue weighted by atomic mass is 10.0. The molecule has 0 spiro atoms. The smallest absolute Gasteiger partial charge is 0.410 e. The van der Waals surface area contributed by atoms with Gasteiger partial charge in [-0.2, -0.15) is 0 Å². The molecule has 1 atom stereocenters. The highest BCUT2D eigenvalue weighted by molar-refractivity contribution is 6.03. The Bertz CT molecular complexity index is 976. The van der Waals surface area contributed by atoms with Crippen molar-refractivity contribution in [1.29, 1.82) is 0 Å². The van der Waals surface area contributed by atoms with E-state index in [2.05, 4.69) is 25.4 Å². The maximum Gasteiger partial charge on any atom is 0.410 e. The Balaban J connectivity index is 1.22. The number of amides is 4. The van der Waals surface area contributed by atoms with E-state index in [0.717, 1.165) is 44.7 Å². The molecule has 4 amide bonds. The molecule has 3 saturated heterocycles. The number of anilines is 1. The van der Waals surface area contributed by atoms with E-state index in [0.29, 0.717) is 25.6 Å².